The van der Waals surface area contributed by atoms with Gasteiger partial charge in [-0.3, -0.25) is 0 Å². The van der Waals surface area contributed by atoms with Crippen LogP contribution in [-0.4, -0.2) is 98.8 Å². The van der Waals surface area contributed by atoms with Crippen LogP contribution in [-0.2, 0) is 11.2 Å². The van der Waals surface area contributed by atoms with Gasteiger partial charge in [-0.2, -0.15) is 13.2 Å². The first-order chi connectivity index (χ1) is 22.3. The first kappa shape index (κ1) is 37.0. The van der Waals surface area contributed by atoms with E-state index in [0.29, 0.717) is 44.1 Å². The maximum atomic E-state index is 14.1. The third-order valence-electron chi connectivity index (χ3n) is 9.94. The maximum Gasteiger partial charge on any atom is 0.419 e. The standard InChI is InChI=1S/C37H57F3N6O/c1-8-30-23-32(31-11-18-45(19-12-31)33-13-16-44(7)17-14-33)9-10-35(30)43-29(4)41-24-34(37(38,39)40)28(3)42-25-36(5,6)26-46-20-22-47-21-15-27(46)2/h9-10,23-24,31,33,42H,2-3,8,11-22,25-26H2,1,4-7H3,(H,41,43)/b34-24+. The number of halogens is 3. The van der Waals surface area contributed by atoms with Crippen LogP contribution in [0.1, 0.15) is 76.8 Å². The number of ether oxygens (including phenoxy) is 1. The topological polar surface area (TPSA) is 55.4 Å². The second kappa shape index (κ2) is 16.5. The van der Waals surface area contributed by atoms with Crippen LogP contribution in [0.5, 0.6) is 0 Å². The lowest BCUT2D eigenvalue weighted by Gasteiger charge is -2.41. The van der Waals surface area contributed by atoms with Gasteiger partial charge in [-0.15, -0.1) is 0 Å². The monoisotopic (exact) mass is 658 g/mol. The zero-order valence-electron chi connectivity index (χ0n) is 29.3. The molecule has 0 radical (unpaired) electrons. The van der Waals surface area contributed by atoms with Crippen molar-refractivity contribution in [1.82, 2.24) is 20.0 Å². The molecule has 7 nitrogen and oxygen atoms in total. The number of aryl methyl sites for hydroxylation is 1. The lowest BCUT2D eigenvalue weighted by atomic mass is 9.86. The molecule has 3 aliphatic heterocycles. The molecule has 0 unspecified atom stereocenters. The van der Waals surface area contributed by atoms with E-state index in [-0.39, 0.29) is 11.1 Å². The third-order valence-corrected chi connectivity index (χ3v) is 9.94. The van der Waals surface area contributed by atoms with Crippen LogP contribution >= 0.6 is 0 Å². The van der Waals surface area contributed by atoms with Gasteiger partial charge in [0, 0.05) is 55.4 Å². The molecule has 0 amide bonds. The summed E-state index contributed by atoms with van der Waals surface area (Å²) in [6.45, 7) is 23.3. The van der Waals surface area contributed by atoms with Gasteiger partial charge in [0.15, 0.2) is 0 Å². The maximum absolute atomic E-state index is 14.1. The van der Waals surface area contributed by atoms with E-state index in [4.69, 9.17) is 4.74 Å². The van der Waals surface area contributed by atoms with Crippen molar-refractivity contribution in [2.45, 2.75) is 84.4 Å². The number of likely N-dealkylation sites (tertiary alicyclic amines) is 2. The molecular formula is C37H57F3N6O. The summed E-state index contributed by atoms with van der Waals surface area (Å²) in [6, 6.07) is 7.20. The summed E-state index contributed by atoms with van der Waals surface area (Å²) >= 11 is 0. The van der Waals surface area contributed by atoms with Crippen LogP contribution in [0.3, 0.4) is 0 Å². The quantitative estimate of drug-likeness (QED) is 0.150. The summed E-state index contributed by atoms with van der Waals surface area (Å²) in [5, 5.41) is 6.19. The number of hydrogen-bond acceptors (Lipinski definition) is 6. The van der Waals surface area contributed by atoms with Crippen LogP contribution < -0.4 is 10.6 Å². The Morgan fingerprint density at radius 2 is 1.77 bits per heavy atom. The Morgan fingerprint density at radius 1 is 1.06 bits per heavy atom. The van der Waals surface area contributed by atoms with Crippen LogP contribution in [0.25, 0.3) is 0 Å². The van der Waals surface area contributed by atoms with Gasteiger partial charge < -0.3 is 30.1 Å². The molecule has 47 heavy (non-hydrogen) atoms. The summed E-state index contributed by atoms with van der Waals surface area (Å²) in [7, 11) is 2.21. The highest BCUT2D eigenvalue weighted by atomic mass is 19.4. The van der Waals surface area contributed by atoms with Crippen molar-refractivity contribution < 1.29 is 17.9 Å². The molecule has 3 aliphatic rings. The smallest absolute Gasteiger partial charge is 0.384 e. The SMILES string of the molecule is C=C(NCC(C)(C)CN1CCOCCC1=C)/C(=C\N=C(C)Nc1ccc(C2CCN(C3CCN(C)CC3)CC2)cc1CC)C(F)(F)F. The Balaban J connectivity index is 1.35. The van der Waals surface area contributed by atoms with E-state index >= 15 is 0 Å². The fourth-order valence-corrected chi connectivity index (χ4v) is 6.94. The first-order valence-corrected chi connectivity index (χ1v) is 17.3. The second-order valence-electron chi connectivity index (χ2n) is 14.3. The van der Waals surface area contributed by atoms with E-state index in [1.54, 1.807) is 6.92 Å². The lowest BCUT2D eigenvalue weighted by molar-refractivity contribution is -0.0900. The van der Waals surface area contributed by atoms with Gasteiger partial charge in [0.25, 0.3) is 0 Å². The zero-order chi connectivity index (χ0) is 34.2. The molecule has 1 aromatic rings. The largest absolute Gasteiger partial charge is 0.419 e. The molecular weight excluding hydrogens is 601 g/mol. The Bertz CT molecular complexity index is 1270. The van der Waals surface area contributed by atoms with Crippen molar-refractivity contribution in [2.75, 3.05) is 71.4 Å². The first-order valence-electron chi connectivity index (χ1n) is 17.3. The van der Waals surface area contributed by atoms with E-state index < -0.39 is 11.7 Å². The molecule has 4 rings (SSSR count). The minimum atomic E-state index is -4.60. The van der Waals surface area contributed by atoms with E-state index in [2.05, 4.69) is 75.7 Å². The van der Waals surface area contributed by atoms with Gasteiger partial charge in [-0.25, -0.2) is 4.99 Å². The zero-order valence-corrected chi connectivity index (χ0v) is 29.3. The van der Waals surface area contributed by atoms with E-state index in [1.165, 1.54) is 31.5 Å². The summed E-state index contributed by atoms with van der Waals surface area (Å²) in [4.78, 5) is 11.5. The minimum Gasteiger partial charge on any atom is -0.384 e. The number of benzene rings is 1. The summed E-state index contributed by atoms with van der Waals surface area (Å²) in [6.07, 6.45) is 2.68. The van der Waals surface area contributed by atoms with Crippen LogP contribution in [0.2, 0.25) is 0 Å². The number of anilines is 1. The molecule has 3 saturated heterocycles. The van der Waals surface area contributed by atoms with Crippen molar-refractivity contribution in [3.63, 3.8) is 0 Å². The van der Waals surface area contributed by atoms with Gasteiger partial charge in [-0.1, -0.05) is 46.1 Å². The molecule has 10 heteroatoms. The molecule has 262 valence electrons. The van der Waals surface area contributed by atoms with Crippen LogP contribution in [0.15, 0.2) is 59.5 Å². The van der Waals surface area contributed by atoms with E-state index in [9.17, 15) is 13.2 Å². The van der Waals surface area contributed by atoms with Gasteiger partial charge in [0.1, 0.15) is 5.84 Å². The molecule has 0 atom stereocenters. The number of nitrogens with one attached hydrogen (secondary N) is 2. The molecule has 2 N–H and O–H groups in total. The fraction of sp³-hybridized carbons (Fsp3) is 0.649. The molecule has 0 saturated carbocycles. The molecule has 0 aliphatic carbocycles. The number of amidine groups is 1. The number of piperidine rings is 2. The molecule has 1 aromatic carbocycles. The number of allylic oxidation sites excluding steroid dienone is 1. The van der Waals surface area contributed by atoms with Crippen molar-refractivity contribution in [3.05, 3.63) is 65.7 Å². The Labute approximate surface area is 281 Å². The normalized spacial score (nSPS) is 20.8. The number of aliphatic imine (C=N–C) groups is 1. The van der Waals surface area contributed by atoms with Gasteiger partial charge in [-0.05, 0) is 101 Å². The predicted octanol–water partition coefficient (Wildman–Crippen LogP) is 7.16. The van der Waals surface area contributed by atoms with E-state index in [0.717, 1.165) is 68.5 Å². The summed E-state index contributed by atoms with van der Waals surface area (Å²) in [5.74, 6) is 0.917. The minimum absolute atomic E-state index is 0.194. The van der Waals surface area contributed by atoms with Crippen molar-refractivity contribution >= 4 is 11.5 Å². The average Bonchev–Trinajstić information content (AvgIpc) is 3.23. The highest BCUT2D eigenvalue weighted by molar-refractivity contribution is 5.94. The van der Waals surface area contributed by atoms with Crippen molar-refractivity contribution in [3.8, 4) is 0 Å². The van der Waals surface area contributed by atoms with Crippen LogP contribution in [0, 0.1) is 5.41 Å². The highest BCUT2D eigenvalue weighted by Gasteiger charge is 2.36. The van der Waals surface area contributed by atoms with Crippen molar-refractivity contribution in [2.24, 2.45) is 10.4 Å². The van der Waals surface area contributed by atoms with Gasteiger partial charge >= 0.3 is 6.18 Å². The fourth-order valence-electron chi connectivity index (χ4n) is 6.94. The Hall–Kier alpha value is -2.82. The van der Waals surface area contributed by atoms with E-state index in [1.807, 2.05) is 13.8 Å². The third kappa shape index (κ3) is 10.8. The molecule has 3 fully saturated rings. The molecule has 0 bridgehead atoms. The van der Waals surface area contributed by atoms with Crippen LogP contribution in [0.4, 0.5) is 18.9 Å². The van der Waals surface area contributed by atoms with Crippen molar-refractivity contribution in [1.29, 1.82) is 0 Å². The number of hydrogen-bond donors (Lipinski definition) is 2. The number of rotatable bonds is 11. The second-order valence-corrected chi connectivity index (χ2v) is 14.3. The Morgan fingerprint density at radius 3 is 2.43 bits per heavy atom. The molecule has 0 aromatic heterocycles. The summed E-state index contributed by atoms with van der Waals surface area (Å²) < 4.78 is 47.9. The number of nitrogens with zero attached hydrogens (tertiary/aromatic N) is 4. The Kier molecular flexibility index (Phi) is 13.0. The number of alkyl halides is 3. The van der Waals surface area contributed by atoms with Gasteiger partial charge in [0.2, 0.25) is 0 Å². The predicted molar refractivity (Wildman–Crippen MR) is 188 cm³/mol. The average molecular weight is 659 g/mol. The highest BCUT2D eigenvalue weighted by Crippen LogP contribution is 2.33. The molecule has 0 spiro atoms. The van der Waals surface area contributed by atoms with Gasteiger partial charge in [0.05, 0.1) is 18.8 Å². The summed E-state index contributed by atoms with van der Waals surface area (Å²) in [5.41, 5.74) is 2.94. The molecule has 3 heterocycles. The lowest BCUT2D eigenvalue weighted by Crippen LogP contribution is -2.46.